The zero-order valence-electron chi connectivity index (χ0n) is 12.4. The summed E-state index contributed by atoms with van der Waals surface area (Å²) in [5, 5.41) is 0. The molecule has 0 fully saturated rings. The van der Waals surface area contributed by atoms with Gasteiger partial charge in [0.2, 0.25) is 0 Å². The molecule has 19 heavy (non-hydrogen) atoms. The Kier molecular flexibility index (Phi) is 3.77. The highest BCUT2D eigenvalue weighted by atomic mass is 14.4. The van der Waals surface area contributed by atoms with Gasteiger partial charge in [0.15, 0.2) is 0 Å². The molecule has 0 heterocycles. The molecular weight excluding hydrogens is 228 g/mol. The number of hydrogen-bond donors (Lipinski definition) is 0. The van der Waals surface area contributed by atoms with Crippen LogP contribution in [0.5, 0.6) is 0 Å². The van der Waals surface area contributed by atoms with Crippen LogP contribution >= 0.6 is 0 Å². The third kappa shape index (κ3) is 2.50. The first-order chi connectivity index (χ1) is 9.29. The lowest BCUT2D eigenvalue weighted by Gasteiger charge is -2.41. The van der Waals surface area contributed by atoms with Crippen LogP contribution in [0.2, 0.25) is 0 Å². The first kappa shape index (κ1) is 13.0. The van der Waals surface area contributed by atoms with Gasteiger partial charge in [-0.05, 0) is 74.3 Å². The molecule has 0 aromatic rings. The van der Waals surface area contributed by atoms with Crippen LogP contribution in [0.15, 0.2) is 47.1 Å². The standard InChI is InChI=1S/C19H26/c1-3-15-9-6-10-16-8-5-4-7-14(2)13-19(16)18-12-11-17(15)18/h4-5,9,11,13,16,18-19H,3,6-8,10,12H2,1-2H3. The third-order valence-corrected chi connectivity index (χ3v) is 5.20. The SMILES string of the molecule is CCC1=CCCC2CC=CCC(C)=CC2C2CC=C12. The highest BCUT2D eigenvalue weighted by Crippen LogP contribution is 2.47. The second-order valence-electron chi connectivity index (χ2n) is 6.42. The monoisotopic (exact) mass is 254 g/mol. The minimum Gasteiger partial charge on any atom is -0.0879 e. The predicted octanol–water partition coefficient (Wildman–Crippen LogP) is 5.59. The molecule has 0 nitrogen and oxygen atoms in total. The van der Waals surface area contributed by atoms with Crippen LogP contribution in [0.25, 0.3) is 0 Å². The molecule has 0 heteroatoms. The van der Waals surface area contributed by atoms with E-state index >= 15 is 0 Å². The molecule has 0 amide bonds. The fourth-order valence-electron chi connectivity index (χ4n) is 4.03. The van der Waals surface area contributed by atoms with Crippen LogP contribution in [0.3, 0.4) is 0 Å². The summed E-state index contributed by atoms with van der Waals surface area (Å²) in [6.07, 6.45) is 20.0. The molecule has 0 aromatic heterocycles. The van der Waals surface area contributed by atoms with Gasteiger partial charge in [-0.25, -0.2) is 0 Å². The van der Waals surface area contributed by atoms with Gasteiger partial charge in [0.25, 0.3) is 0 Å². The normalized spacial score (nSPS) is 34.2. The predicted molar refractivity (Wildman–Crippen MR) is 82.9 cm³/mol. The van der Waals surface area contributed by atoms with Crippen molar-refractivity contribution < 1.29 is 0 Å². The molecule has 102 valence electrons. The summed E-state index contributed by atoms with van der Waals surface area (Å²) in [6.45, 7) is 4.62. The van der Waals surface area contributed by atoms with Crippen molar-refractivity contribution in [3.63, 3.8) is 0 Å². The fraction of sp³-hybridized carbons (Fsp3) is 0.579. The van der Waals surface area contributed by atoms with E-state index in [1.807, 2.05) is 0 Å². The Balaban J connectivity index is 1.93. The minimum absolute atomic E-state index is 0.792. The van der Waals surface area contributed by atoms with Gasteiger partial charge in [0.1, 0.15) is 0 Å². The van der Waals surface area contributed by atoms with Gasteiger partial charge >= 0.3 is 0 Å². The Hall–Kier alpha value is -1.04. The van der Waals surface area contributed by atoms with Crippen LogP contribution in [0.4, 0.5) is 0 Å². The van der Waals surface area contributed by atoms with Crippen LogP contribution in [0, 0.1) is 17.8 Å². The van der Waals surface area contributed by atoms with E-state index in [2.05, 4.69) is 44.2 Å². The molecule has 0 spiro atoms. The van der Waals surface area contributed by atoms with Crippen LogP contribution in [-0.4, -0.2) is 0 Å². The van der Waals surface area contributed by atoms with Crippen molar-refractivity contribution in [3.8, 4) is 0 Å². The summed E-state index contributed by atoms with van der Waals surface area (Å²) in [5.41, 5.74) is 4.89. The Labute approximate surface area is 118 Å². The third-order valence-electron chi connectivity index (χ3n) is 5.20. The van der Waals surface area contributed by atoms with Crippen LogP contribution < -0.4 is 0 Å². The lowest BCUT2D eigenvalue weighted by Crippen LogP contribution is -2.30. The highest BCUT2D eigenvalue weighted by Gasteiger charge is 2.35. The van der Waals surface area contributed by atoms with Crippen molar-refractivity contribution in [2.24, 2.45) is 17.8 Å². The second-order valence-corrected chi connectivity index (χ2v) is 6.42. The molecule has 3 rings (SSSR count). The summed E-state index contributed by atoms with van der Waals surface area (Å²) < 4.78 is 0. The van der Waals surface area contributed by atoms with Crippen molar-refractivity contribution in [2.45, 2.75) is 52.4 Å². The molecule has 0 bridgehead atoms. The number of rotatable bonds is 1. The van der Waals surface area contributed by atoms with E-state index < -0.39 is 0 Å². The van der Waals surface area contributed by atoms with Gasteiger partial charge in [-0.3, -0.25) is 0 Å². The molecule has 0 N–H and O–H groups in total. The lowest BCUT2D eigenvalue weighted by molar-refractivity contribution is 0.274. The zero-order valence-corrected chi connectivity index (χ0v) is 12.4. The fourth-order valence-corrected chi connectivity index (χ4v) is 4.03. The summed E-state index contributed by atoms with van der Waals surface area (Å²) in [4.78, 5) is 0. The molecular formula is C19H26. The maximum atomic E-state index is 2.62. The van der Waals surface area contributed by atoms with Crippen molar-refractivity contribution in [2.75, 3.05) is 0 Å². The number of hydrogen-bond acceptors (Lipinski definition) is 0. The first-order valence-corrected chi connectivity index (χ1v) is 8.01. The Morgan fingerprint density at radius 2 is 2.05 bits per heavy atom. The Morgan fingerprint density at radius 1 is 1.16 bits per heavy atom. The first-order valence-electron chi connectivity index (χ1n) is 8.01. The van der Waals surface area contributed by atoms with E-state index in [0.717, 1.165) is 24.2 Å². The van der Waals surface area contributed by atoms with E-state index in [9.17, 15) is 0 Å². The molecule has 0 saturated heterocycles. The van der Waals surface area contributed by atoms with Crippen LogP contribution in [-0.2, 0) is 0 Å². The van der Waals surface area contributed by atoms with Crippen molar-refractivity contribution in [1.29, 1.82) is 0 Å². The molecule has 0 radical (unpaired) electrons. The maximum absolute atomic E-state index is 2.62. The smallest absolute Gasteiger partial charge is 0.00619 e. The van der Waals surface area contributed by atoms with Gasteiger partial charge in [0, 0.05) is 0 Å². The van der Waals surface area contributed by atoms with Gasteiger partial charge in [-0.2, -0.15) is 0 Å². The molecule has 0 aliphatic heterocycles. The second kappa shape index (κ2) is 5.53. The summed E-state index contributed by atoms with van der Waals surface area (Å²) in [5.74, 6) is 2.47. The Bertz CT molecular complexity index is 458. The summed E-state index contributed by atoms with van der Waals surface area (Å²) in [6, 6.07) is 0. The minimum atomic E-state index is 0.792. The summed E-state index contributed by atoms with van der Waals surface area (Å²) >= 11 is 0. The average molecular weight is 254 g/mol. The van der Waals surface area contributed by atoms with E-state index in [1.54, 1.807) is 16.7 Å². The van der Waals surface area contributed by atoms with Gasteiger partial charge in [-0.15, -0.1) is 0 Å². The lowest BCUT2D eigenvalue weighted by atomic mass is 9.64. The number of fused-ring (bicyclic) bond motifs is 3. The number of allylic oxidation sites excluding steroid dienone is 8. The highest BCUT2D eigenvalue weighted by molar-refractivity contribution is 5.41. The van der Waals surface area contributed by atoms with E-state index in [0.29, 0.717) is 0 Å². The van der Waals surface area contributed by atoms with Crippen LogP contribution in [0.1, 0.15) is 52.4 Å². The topological polar surface area (TPSA) is 0 Å². The molecule has 0 aromatic carbocycles. The van der Waals surface area contributed by atoms with E-state index in [4.69, 9.17) is 0 Å². The summed E-state index contributed by atoms with van der Waals surface area (Å²) in [7, 11) is 0. The quantitative estimate of drug-likeness (QED) is 0.535. The maximum Gasteiger partial charge on any atom is -0.00619 e. The van der Waals surface area contributed by atoms with Crippen molar-refractivity contribution in [3.05, 3.63) is 47.1 Å². The van der Waals surface area contributed by atoms with Gasteiger partial charge < -0.3 is 0 Å². The molecule has 3 aliphatic rings. The van der Waals surface area contributed by atoms with E-state index in [-0.39, 0.29) is 0 Å². The molecule has 0 saturated carbocycles. The van der Waals surface area contributed by atoms with Gasteiger partial charge in [0.05, 0.1) is 0 Å². The zero-order chi connectivity index (χ0) is 13.2. The molecule has 3 aliphatic carbocycles. The van der Waals surface area contributed by atoms with E-state index in [1.165, 1.54) is 32.1 Å². The molecule has 3 atom stereocenters. The average Bonchev–Trinajstić information content (AvgIpc) is 2.34. The van der Waals surface area contributed by atoms with Gasteiger partial charge in [-0.1, -0.05) is 42.9 Å². The largest absolute Gasteiger partial charge is 0.0879 e. The molecule has 3 unspecified atom stereocenters. The Morgan fingerprint density at radius 3 is 2.79 bits per heavy atom. The van der Waals surface area contributed by atoms with Crippen molar-refractivity contribution in [1.82, 2.24) is 0 Å². The van der Waals surface area contributed by atoms with Crippen molar-refractivity contribution >= 4 is 0 Å².